The van der Waals surface area contributed by atoms with Gasteiger partial charge in [0.1, 0.15) is 18.5 Å². The first-order chi connectivity index (χ1) is 15.3. The average Bonchev–Trinajstić information content (AvgIpc) is 3.31. The van der Waals surface area contributed by atoms with Gasteiger partial charge in [-0.15, -0.1) is 0 Å². The van der Waals surface area contributed by atoms with Crippen molar-refractivity contribution < 1.29 is 9.84 Å². The van der Waals surface area contributed by atoms with Gasteiger partial charge in [0.15, 0.2) is 0 Å². The summed E-state index contributed by atoms with van der Waals surface area (Å²) >= 11 is 0. The summed E-state index contributed by atoms with van der Waals surface area (Å²) in [4.78, 5) is 2.31. The van der Waals surface area contributed by atoms with Crippen molar-refractivity contribution >= 4 is 0 Å². The van der Waals surface area contributed by atoms with E-state index in [1.807, 2.05) is 35.1 Å². The van der Waals surface area contributed by atoms with Crippen molar-refractivity contribution in [3.8, 4) is 5.75 Å². The predicted octanol–water partition coefficient (Wildman–Crippen LogP) is 2.86. The van der Waals surface area contributed by atoms with E-state index in [-0.39, 0.29) is 0 Å². The lowest BCUT2D eigenvalue weighted by Gasteiger charge is -2.30. The third-order valence-electron chi connectivity index (χ3n) is 5.65. The fourth-order valence-corrected chi connectivity index (χ4v) is 4.03. The van der Waals surface area contributed by atoms with Crippen LogP contribution < -0.4 is 10.1 Å². The van der Waals surface area contributed by atoms with Crippen LogP contribution in [0.3, 0.4) is 0 Å². The zero-order valence-electron chi connectivity index (χ0n) is 18.0. The topological polar surface area (TPSA) is 62.6 Å². The molecule has 0 radical (unpaired) electrons. The number of benzene rings is 2. The summed E-state index contributed by atoms with van der Waals surface area (Å²) in [5.74, 6) is 0.805. The Morgan fingerprint density at radius 2 is 2.00 bits per heavy atom. The van der Waals surface area contributed by atoms with E-state index in [1.165, 1.54) is 16.7 Å². The summed E-state index contributed by atoms with van der Waals surface area (Å²) in [6.45, 7) is 5.47. The lowest BCUT2D eigenvalue weighted by Crippen LogP contribution is -2.38. The molecule has 1 aromatic heterocycles. The maximum Gasteiger partial charge on any atom is 0.119 e. The van der Waals surface area contributed by atoms with Gasteiger partial charge in [-0.2, -0.15) is 5.10 Å². The molecule has 31 heavy (non-hydrogen) atoms. The van der Waals surface area contributed by atoms with Gasteiger partial charge in [-0.05, 0) is 54.3 Å². The molecule has 1 aliphatic rings. The third kappa shape index (κ3) is 6.66. The van der Waals surface area contributed by atoms with Crippen LogP contribution in [0.15, 0.2) is 67.0 Å². The largest absolute Gasteiger partial charge is 0.491 e. The first-order valence-corrected chi connectivity index (χ1v) is 11.1. The van der Waals surface area contributed by atoms with Crippen LogP contribution >= 0.6 is 0 Å². The molecule has 0 spiro atoms. The molecule has 4 rings (SSSR count). The van der Waals surface area contributed by atoms with Crippen LogP contribution in [0.2, 0.25) is 0 Å². The van der Waals surface area contributed by atoms with Crippen molar-refractivity contribution in [2.24, 2.45) is 0 Å². The van der Waals surface area contributed by atoms with Gasteiger partial charge < -0.3 is 15.2 Å². The second-order valence-corrected chi connectivity index (χ2v) is 8.17. The summed E-state index contributed by atoms with van der Waals surface area (Å²) < 4.78 is 7.83. The van der Waals surface area contributed by atoms with Crippen molar-refractivity contribution in [3.63, 3.8) is 0 Å². The molecule has 6 nitrogen and oxygen atoms in total. The smallest absolute Gasteiger partial charge is 0.119 e. The normalized spacial score (nSPS) is 14.9. The van der Waals surface area contributed by atoms with Crippen molar-refractivity contribution in [2.45, 2.75) is 38.6 Å². The number of ether oxygens (including phenoxy) is 1. The Labute approximate surface area is 184 Å². The molecule has 2 N–H and O–H groups in total. The Morgan fingerprint density at radius 3 is 2.87 bits per heavy atom. The van der Waals surface area contributed by atoms with Gasteiger partial charge in [0.05, 0.1) is 0 Å². The van der Waals surface area contributed by atoms with Crippen LogP contribution in [0.1, 0.15) is 23.1 Å². The molecule has 0 aliphatic carbocycles. The number of nitrogens with one attached hydrogen (secondary N) is 1. The summed E-state index contributed by atoms with van der Waals surface area (Å²) in [6, 6.07) is 18.6. The number of rotatable bonds is 11. The number of β-amino-alcohol motifs (C(OH)–C–C–N with tert-alkyl or cyclic N) is 1. The molecule has 164 valence electrons. The van der Waals surface area contributed by atoms with Crippen LogP contribution in [-0.4, -0.2) is 52.1 Å². The number of aliphatic hydroxyl groups excluding tert-OH is 1. The molecule has 0 saturated heterocycles. The van der Waals surface area contributed by atoms with Gasteiger partial charge in [0.25, 0.3) is 0 Å². The lowest BCUT2D eigenvalue weighted by molar-refractivity contribution is 0.0637. The van der Waals surface area contributed by atoms with Crippen LogP contribution in [-0.2, 0) is 26.1 Å². The lowest BCUT2D eigenvalue weighted by atomic mass is 10.00. The minimum Gasteiger partial charge on any atom is -0.491 e. The number of aromatic nitrogens is 2. The van der Waals surface area contributed by atoms with Gasteiger partial charge >= 0.3 is 0 Å². The standard InChI is InChI=1S/C25H32N4O2/c30-24(19-28-15-10-22-7-1-2-8-23(22)18-28)20-31-25-9-3-6-21(16-25)17-26-11-4-13-29-14-5-12-27-29/h1-3,5-9,12,14,16,24,26,30H,4,10-11,13,15,17-20H2. The Morgan fingerprint density at radius 1 is 1.10 bits per heavy atom. The molecule has 1 atom stereocenters. The second kappa shape index (κ2) is 11.1. The summed E-state index contributed by atoms with van der Waals surface area (Å²) in [7, 11) is 0. The second-order valence-electron chi connectivity index (χ2n) is 8.17. The first kappa shape index (κ1) is 21.6. The monoisotopic (exact) mass is 420 g/mol. The maximum absolute atomic E-state index is 10.5. The third-order valence-corrected chi connectivity index (χ3v) is 5.65. The van der Waals surface area contributed by atoms with E-state index in [1.54, 1.807) is 6.20 Å². The molecular weight excluding hydrogens is 388 g/mol. The zero-order valence-corrected chi connectivity index (χ0v) is 18.0. The number of hydrogen-bond acceptors (Lipinski definition) is 5. The fraction of sp³-hybridized carbons (Fsp3) is 0.400. The number of nitrogens with zero attached hydrogens (tertiary/aromatic N) is 3. The number of hydrogen-bond donors (Lipinski definition) is 2. The van der Waals surface area contributed by atoms with Crippen molar-refractivity contribution in [1.82, 2.24) is 20.0 Å². The minimum absolute atomic E-state index is 0.304. The number of fused-ring (bicyclic) bond motifs is 1. The maximum atomic E-state index is 10.5. The average molecular weight is 421 g/mol. The molecule has 0 bridgehead atoms. The SMILES string of the molecule is OC(COc1cccc(CNCCCn2cccn2)c1)CN1CCc2ccccc2C1. The zero-order chi connectivity index (χ0) is 21.3. The summed E-state index contributed by atoms with van der Waals surface area (Å²) in [5, 5.41) is 18.2. The number of aliphatic hydroxyl groups is 1. The summed E-state index contributed by atoms with van der Waals surface area (Å²) in [5.41, 5.74) is 3.97. The quantitative estimate of drug-likeness (QED) is 0.467. The van der Waals surface area contributed by atoms with Gasteiger partial charge in [0.2, 0.25) is 0 Å². The molecule has 0 fully saturated rings. The van der Waals surface area contributed by atoms with Crippen molar-refractivity contribution in [1.29, 1.82) is 0 Å². The molecule has 2 aromatic carbocycles. The first-order valence-electron chi connectivity index (χ1n) is 11.1. The van der Waals surface area contributed by atoms with Gasteiger partial charge in [-0.3, -0.25) is 9.58 Å². The van der Waals surface area contributed by atoms with E-state index in [0.29, 0.717) is 13.2 Å². The van der Waals surface area contributed by atoms with E-state index in [0.717, 1.165) is 51.3 Å². The van der Waals surface area contributed by atoms with E-state index < -0.39 is 6.10 Å². The van der Waals surface area contributed by atoms with E-state index in [2.05, 4.69) is 45.6 Å². The van der Waals surface area contributed by atoms with E-state index in [9.17, 15) is 5.11 Å². The molecule has 0 saturated carbocycles. The van der Waals surface area contributed by atoms with Gasteiger partial charge in [-0.1, -0.05) is 36.4 Å². The van der Waals surface area contributed by atoms with Crippen molar-refractivity contribution in [3.05, 3.63) is 83.7 Å². The molecule has 0 amide bonds. The molecule has 6 heteroatoms. The highest BCUT2D eigenvalue weighted by Gasteiger charge is 2.18. The van der Waals surface area contributed by atoms with Gasteiger partial charge in [-0.25, -0.2) is 0 Å². The van der Waals surface area contributed by atoms with Crippen LogP contribution in [0.5, 0.6) is 5.75 Å². The highest BCUT2D eigenvalue weighted by Crippen LogP contribution is 2.19. The molecule has 3 aromatic rings. The highest BCUT2D eigenvalue weighted by molar-refractivity contribution is 5.29. The van der Waals surface area contributed by atoms with E-state index in [4.69, 9.17) is 4.74 Å². The molecule has 1 unspecified atom stereocenters. The van der Waals surface area contributed by atoms with Crippen molar-refractivity contribution in [2.75, 3.05) is 26.2 Å². The Bertz CT molecular complexity index is 929. The Kier molecular flexibility index (Phi) is 7.71. The molecular formula is C25H32N4O2. The van der Waals surface area contributed by atoms with Crippen LogP contribution in [0.4, 0.5) is 0 Å². The van der Waals surface area contributed by atoms with E-state index >= 15 is 0 Å². The molecule has 1 aliphatic heterocycles. The minimum atomic E-state index is -0.505. The Balaban J connectivity index is 1.16. The number of aryl methyl sites for hydroxylation is 1. The Hall–Kier alpha value is -2.67. The van der Waals surface area contributed by atoms with Crippen LogP contribution in [0.25, 0.3) is 0 Å². The summed E-state index contributed by atoms with van der Waals surface area (Å²) in [6.07, 6.45) is 5.36. The molecule has 2 heterocycles. The highest BCUT2D eigenvalue weighted by atomic mass is 16.5. The predicted molar refractivity (Wildman–Crippen MR) is 122 cm³/mol. The fourth-order valence-electron chi connectivity index (χ4n) is 4.03. The van der Waals surface area contributed by atoms with Gasteiger partial charge in [0, 0.05) is 45.1 Å². The van der Waals surface area contributed by atoms with Crippen LogP contribution in [0, 0.1) is 0 Å².